The van der Waals surface area contributed by atoms with Gasteiger partial charge in [-0.1, -0.05) is 25.4 Å². The van der Waals surface area contributed by atoms with E-state index in [2.05, 4.69) is 10.6 Å². The Morgan fingerprint density at radius 3 is 2.64 bits per heavy atom. The lowest BCUT2D eigenvalue weighted by Gasteiger charge is -2.15. The number of hydrogen-bond donors (Lipinski definition) is 2. The highest BCUT2D eigenvalue weighted by Crippen LogP contribution is 2.36. The predicted molar refractivity (Wildman–Crippen MR) is 89.2 cm³/mol. The minimum absolute atomic E-state index is 0.174. The zero-order chi connectivity index (χ0) is 16.5. The molecule has 22 heavy (non-hydrogen) atoms. The van der Waals surface area contributed by atoms with E-state index in [9.17, 15) is 4.79 Å². The molecule has 0 spiro atoms. The Kier molecular flexibility index (Phi) is 8.06. The molecule has 124 valence electrons. The number of carbonyl (C=O) groups is 1. The van der Waals surface area contributed by atoms with Crippen molar-refractivity contribution in [1.82, 2.24) is 10.6 Å². The van der Waals surface area contributed by atoms with Crippen LogP contribution in [0.3, 0.4) is 0 Å². The summed E-state index contributed by atoms with van der Waals surface area (Å²) in [5.41, 5.74) is 0.461. The van der Waals surface area contributed by atoms with Crippen molar-refractivity contribution >= 4 is 17.5 Å². The zero-order valence-corrected chi connectivity index (χ0v) is 14.4. The molecule has 0 atom stereocenters. The third-order valence-corrected chi connectivity index (χ3v) is 3.22. The monoisotopic (exact) mass is 328 g/mol. The van der Waals surface area contributed by atoms with Gasteiger partial charge in [0.15, 0.2) is 11.5 Å². The summed E-state index contributed by atoms with van der Waals surface area (Å²) in [6.45, 7) is 6.09. The van der Waals surface area contributed by atoms with Crippen LogP contribution < -0.4 is 20.1 Å². The summed E-state index contributed by atoms with van der Waals surface area (Å²) >= 11 is 6.23. The molecule has 0 saturated heterocycles. The van der Waals surface area contributed by atoms with E-state index in [-0.39, 0.29) is 5.91 Å². The van der Waals surface area contributed by atoms with Gasteiger partial charge in [0.1, 0.15) is 0 Å². The third kappa shape index (κ3) is 5.73. The first-order valence-corrected chi connectivity index (χ1v) is 7.80. The number of rotatable bonds is 9. The van der Waals surface area contributed by atoms with Gasteiger partial charge in [-0.25, -0.2) is 0 Å². The van der Waals surface area contributed by atoms with Crippen LogP contribution in [0.1, 0.15) is 30.6 Å². The average Bonchev–Trinajstić information content (AvgIpc) is 2.49. The van der Waals surface area contributed by atoms with Gasteiger partial charge in [-0.2, -0.15) is 0 Å². The summed E-state index contributed by atoms with van der Waals surface area (Å²) in [6.07, 6.45) is 0.864. The predicted octanol–water partition coefficient (Wildman–Crippen LogP) is 2.72. The maximum absolute atomic E-state index is 12.1. The topological polar surface area (TPSA) is 59.6 Å². The fraction of sp³-hybridized carbons (Fsp3) is 0.562. The van der Waals surface area contributed by atoms with Gasteiger partial charge in [0.05, 0.1) is 18.7 Å². The lowest BCUT2D eigenvalue weighted by molar-refractivity contribution is 0.0953. The maximum atomic E-state index is 12.1. The van der Waals surface area contributed by atoms with Crippen LogP contribution in [0.4, 0.5) is 0 Å². The molecular weight excluding hydrogens is 304 g/mol. The molecule has 2 N–H and O–H groups in total. The molecule has 5 nitrogen and oxygen atoms in total. The molecule has 1 aromatic rings. The van der Waals surface area contributed by atoms with Crippen LogP contribution in [0.25, 0.3) is 0 Å². The lowest BCUT2D eigenvalue weighted by Crippen LogP contribution is -2.26. The zero-order valence-electron chi connectivity index (χ0n) is 13.7. The highest BCUT2D eigenvalue weighted by Gasteiger charge is 2.16. The molecule has 0 bridgehead atoms. The molecule has 0 unspecified atom stereocenters. The molecule has 0 aromatic heterocycles. The summed E-state index contributed by atoms with van der Waals surface area (Å²) in [5, 5.41) is 6.25. The molecule has 0 aliphatic heterocycles. The average molecular weight is 329 g/mol. The molecule has 0 fully saturated rings. The highest BCUT2D eigenvalue weighted by atomic mass is 35.5. The van der Waals surface area contributed by atoms with Gasteiger partial charge in [-0.15, -0.1) is 0 Å². The Morgan fingerprint density at radius 1 is 1.32 bits per heavy atom. The second kappa shape index (κ2) is 9.54. The first-order chi connectivity index (χ1) is 10.5. The van der Waals surface area contributed by atoms with E-state index >= 15 is 0 Å². The quantitative estimate of drug-likeness (QED) is 0.684. The van der Waals surface area contributed by atoms with E-state index < -0.39 is 0 Å². The lowest BCUT2D eigenvalue weighted by atomic mass is 10.1. The first kappa shape index (κ1) is 18.6. The summed E-state index contributed by atoms with van der Waals surface area (Å²) < 4.78 is 11.0. The summed E-state index contributed by atoms with van der Waals surface area (Å²) in [5.74, 6) is 1.14. The van der Waals surface area contributed by atoms with Crippen molar-refractivity contribution in [1.29, 1.82) is 0 Å². The number of halogens is 1. The van der Waals surface area contributed by atoms with Gasteiger partial charge >= 0.3 is 0 Å². The number of amides is 1. The van der Waals surface area contributed by atoms with Crippen LogP contribution in [0, 0.1) is 5.92 Å². The standard InChI is InChI=1S/C16H25ClN2O3/c1-11(2)10-22-15-13(17)8-12(9-14(15)21-4)16(20)19-7-5-6-18-3/h8-9,11,18H,5-7,10H2,1-4H3,(H,19,20). The van der Waals surface area contributed by atoms with Crippen molar-refractivity contribution in [2.24, 2.45) is 5.92 Å². The Labute approximate surface area is 137 Å². The van der Waals surface area contributed by atoms with Crippen LogP contribution in [0.5, 0.6) is 11.5 Å². The Hall–Kier alpha value is -1.46. The Bertz CT molecular complexity index is 493. The van der Waals surface area contributed by atoms with Gasteiger partial charge in [-0.3, -0.25) is 4.79 Å². The smallest absolute Gasteiger partial charge is 0.251 e. The van der Waals surface area contributed by atoms with Crippen LogP contribution in [-0.4, -0.2) is 39.8 Å². The maximum Gasteiger partial charge on any atom is 0.251 e. The van der Waals surface area contributed by atoms with Crippen LogP contribution in [-0.2, 0) is 0 Å². The van der Waals surface area contributed by atoms with Gasteiger partial charge in [0, 0.05) is 12.1 Å². The molecule has 0 radical (unpaired) electrons. The number of benzene rings is 1. The SMILES string of the molecule is CNCCCNC(=O)c1cc(Cl)c(OCC(C)C)c(OC)c1. The number of nitrogens with one attached hydrogen (secondary N) is 2. The molecule has 0 saturated carbocycles. The van der Waals surface area contributed by atoms with Gasteiger partial charge in [0.25, 0.3) is 5.91 Å². The molecule has 0 heterocycles. The van der Waals surface area contributed by atoms with E-state index in [4.69, 9.17) is 21.1 Å². The van der Waals surface area contributed by atoms with Crippen molar-refractivity contribution in [2.75, 3.05) is 33.9 Å². The molecule has 6 heteroatoms. The molecule has 1 amide bonds. The van der Waals surface area contributed by atoms with Crippen LogP contribution in [0.15, 0.2) is 12.1 Å². The Morgan fingerprint density at radius 2 is 2.05 bits per heavy atom. The normalized spacial score (nSPS) is 10.6. The van der Waals surface area contributed by atoms with Crippen molar-refractivity contribution in [3.05, 3.63) is 22.7 Å². The van der Waals surface area contributed by atoms with Crippen LogP contribution in [0.2, 0.25) is 5.02 Å². The van der Waals surface area contributed by atoms with Crippen LogP contribution >= 0.6 is 11.6 Å². The van der Waals surface area contributed by atoms with Gasteiger partial charge < -0.3 is 20.1 Å². The summed E-state index contributed by atoms with van der Waals surface area (Å²) in [7, 11) is 3.41. The number of hydrogen-bond acceptors (Lipinski definition) is 4. The second-order valence-corrected chi connectivity index (χ2v) is 5.81. The van der Waals surface area contributed by atoms with E-state index in [0.717, 1.165) is 13.0 Å². The molecule has 0 aliphatic carbocycles. The van der Waals surface area contributed by atoms with E-state index in [1.165, 1.54) is 7.11 Å². The highest BCUT2D eigenvalue weighted by molar-refractivity contribution is 6.32. The van der Waals surface area contributed by atoms with Gasteiger partial charge in [0.2, 0.25) is 0 Å². The van der Waals surface area contributed by atoms with Gasteiger partial charge in [-0.05, 0) is 38.1 Å². The van der Waals surface area contributed by atoms with Crippen molar-refractivity contribution in [3.8, 4) is 11.5 Å². The third-order valence-electron chi connectivity index (χ3n) is 2.94. The van der Waals surface area contributed by atoms with Crippen molar-refractivity contribution in [3.63, 3.8) is 0 Å². The van der Waals surface area contributed by atoms with Crippen molar-refractivity contribution in [2.45, 2.75) is 20.3 Å². The largest absolute Gasteiger partial charge is 0.493 e. The Balaban J connectivity index is 2.81. The van der Waals surface area contributed by atoms with Crippen molar-refractivity contribution < 1.29 is 14.3 Å². The van der Waals surface area contributed by atoms with E-state index in [0.29, 0.717) is 41.2 Å². The first-order valence-electron chi connectivity index (χ1n) is 7.42. The summed E-state index contributed by atoms with van der Waals surface area (Å²) in [6, 6.07) is 3.25. The molecule has 1 rings (SSSR count). The van der Waals surface area contributed by atoms with E-state index in [1.807, 2.05) is 20.9 Å². The molecule has 1 aromatic carbocycles. The minimum atomic E-state index is -0.174. The number of ether oxygens (including phenoxy) is 2. The number of carbonyl (C=O) groups excluding carboxylic acids is 1. The minimum Gasteiger partial charge on any atom is -0.493 e. The van der Waals surface area contributed by atoms with E-state index in [1.54, 1.807) is 12.1 Å². The summed E-state index contributed by atoms with van der Waals surface area (Å²) in [4.78, 5) is 12.1. The molecular formula is C16H25ClN2O3. The second-order valence-electron chi connectivity index (χ2n) is 5.41. The fourth-order valence-electron chi connectivity index (χ4n) is 1.81. The molecule has 0 aliphatic rings. The number of methoxy groups -OCH3 is 1. The fourth-order valence-corrected chi connectivity index (χ4v) is 2.08.